The minimum Gasteiger partial charge on any atom is -0.468 e. The third-order valence-corrected chi connectivity index (χ3v) is 3.96. The Bertz CT molecular complexity index is 390. The summed E-state index contributed by atoms with van der Waals surface area (Å²) in [5.74, 6) is 0.341. The first kappa shape index (κ1) is 11.3. The van der Waals surface area contributed by atoms with Gasteiger partial charge in [-0.3, -0.25) is 4.79 Å². The lowest BCUT2D eigenvalue weighted by molar-refractivity contribution is -0.140. The Morgan fingerprint density at radius 1 is 1.56 bits per heavy atom. The number of nitrogens with two attached hydrogens (primary N) is 1. The van der Waals surface area contributed by atoms with Crippen molar-refractivity contribution in [2.45, 2.75) is 23.0 Å². The van der Waals surface area contributed by atoms with Crippen molar-refractivity contribution < 1.29 is 9.53 Å². The highest BCUT2D eigenvalue weighted by Gasteiger charge is 2.37. The van der Waals surface area contributed by atoms with Gasteiger partial charge < -0.3 is 10.5 Å². The molecular formula is C12H15NO2S. The smallest absolute Gasteiger partial charge is 0.319 e. The fourth-order valence-corrected chi connectivity index (χ4v) is 2.90. The highest BCUT2D eigenvalue weighted by atomic mass is 32.2. The molecule has 1 aromatic rings. The molecule has 4 heteroatoms. The van der Waals surface area contributed by atoms with Gasteiger partial charge in [0.1, 0.15) is 5.25 Å². The molecule has 1 atom stereocenters. The molecule has 1 saturated carbocycles. The van der Waals surface area contributed by atoms with Crippen LogP contribution in [-0.2, 0) is 9.53 Å². The standard InChI is InChI=1S/C12H15NO2S/c1-15-12(14)11(8-5-6-8)16-10-4-2-3-9(13)7-10/h2-4,7-8,11H,5-6,13H2,1H3. The molecule has 0 aliphatic heterocycles. The van der Waals surface area contributed by atoms with Gasteiger partial charge in [0, 0.05) is 10.6 Å². The van der Waals surface area contributed by atoms with Crippen LogP contribution in [0.3, 0.4) is 0 Å². The van der Waals surface area contributed by atoms with Crippen molar-refractivity contribution in [3.63, 3.8) is 0 Å². The lowest BCUT2D eigenvalue weighted by Crippen LogP contribution is -2.20. The summed E-state index contributed by atoms with van der Waals surface area (Å²) in [4.78, 5) is 12.6. The summed E-state index contributed by atoms with van der Waals surface area (Å²) >= 11 is 1.55. The summed E-state index contributed by atoms with van der Waals surface area (Å²) in [6.07, 6.45) is 2.24. The van der Waals surface area contributed by atoms with Crippen molar-refractivity contribution in [2.24, 2.45) is 5.92 Å². The Kier molecular flexibility index (Phi) is 3.39. The molecule has 2 rings (SSSR count). The Morgan fingerprint density at radius 3 is 2.88 bits per heavy atom. The third-order valence-electron chi connectivity index (χ3n) is 2.60. The van der Waals surface area contributed by atoms with Gasteiger partial charge in [0.05, 0.1) is 7.11 Å². The van der Waals surface area contributed by atoms with Crippen molar-refractivity contribution in [1.82, 2.24) is 0 Å². The zero-order valence-corrected chi connectivity index (χ0v) is 10.00. The largest absolute Gasteiger partial charge is 0.468 e. The Balaban J connectivity index is 2.08. The zero-order valence-electron chi connectivity index (χ0n) is 9.18. The third kappa shape index (κ3) is 2.70. The predicted molar refractivity (Wildman–Crippen MR) is 65.2 cm³/mol. The van der Waals surface area contributed by atoms with E-state index in [1.54, 1.807) is 11.8 Å². The van der Waals surface area contributed by atoms with E-state index in [0.717, 1.165) is 23.4 Å². The van der Waals surface area contributed by atoms with E-state index in [-0.39, 0.29) is 11.2 Å². The first-order valence-corrected chi connectivity index (χ1v) is 6.18. The first-order chi connectivity index (χ1) is 7.70. The number of hydrogen-bond acceptors (Lipinski definition) is 4. The molecule has 0 heterocycles. The van der Waals surface area contributed by atoms with Crippen LogP contribution >= 0.6 is 11.8 Å². The van der Waals surface area contributed by atoms with Crippen LogP contribution in [0.15, 0.2) is 29.2 Å². The number of rotatable bonds is 4. The van der Waals surface area contributed by atoms with Crippen LogP contribution in [0, 0.1) is 5.92 Å². The van der Waals surface area contributed by atoms with E-state index in [1.165, 1.54) is 7.11 Å². The molecule has 1 aliphatic rings. The molecule has 2 N–H and O–H groups in total. The van der Waals surface area contributed by atoms with Gasteiger partial charge in [0.15, 0.2) is 0 Å². The number of ether oxygens (including phenoxy) is 1. The molecule has 0 bridgehead atoms. The van der Waals surface area contributed by atoms with E-state index in [1.807, 2.05) is 24.3 Å². The van der Waals surface area contributed by atoms with Gasteiger partial charge >= 0.3 is 5.97 Å². The Labute approximate surface area is 99.4 Å². The van der Waals surface area contributed by atoms with Crippen LogP contribution in [0.1, 0.15) is 12.8 Å². The second kappa shape index (κ2) is 4.78. The average Bonchev–Trinajstić information content (AvgIpc) is 3.09. The van der Waals surface area contributed by atoms with Crippen LogP contribution in [0.25, 0.3) is 0 Å². The number of methoxy groups -OCH3 is 1. The molecule has 0 saturated heterocycles. The van der Waals surface area contributed by atoms with Gasteiger partial charge in [0.2, 0.25) is 0 Å². The van der Waals surface area contributed by atoms with E-state index in [2.05, 4.69) is 0 Å². The monoisotopic (exact) mass is 237 g/mol. The molecule has 16 heavy (non-hydrogen) atoms. The molecule has 0 spiro atoms. The van der Waals surface area contributed by atoms with Gasteiger partial charge in [-0.25, -0.2) is 0 Å². The maximum atomic E-state index is 11.6. The second-order valence-electron chi connectivity index (χ2n) is 3.97. The van der Waals surface area contributed by atoms with Crippen LogP contribution in [-0.4, -0.2) is 18.3 Å². The van der Waals surface area contributed by atoms with Crippen molar-refractivity contribution >= 4 is 23.4 Å². The fraction of sp³-hybridized carbons (Fsp3) is 0.417. The highest BCUT2D eigenvalue weighted by Crippen LogP contribution is 2.42. The lowest BCUT2D eigenvalue weighted by Gasteiger charge is -2.13. The molecule has 3 nitrogen and oxygen atoms in total. The summed E-state index contributed by atoms with van der Waals surface area (Å²) in [5, 5.41) is -0.0770. The molecule has 86 valence electrons. The summed E-state index contributed by atoms with van der Waals surface area (Å²) < 4.78 is 4.83. The molecule has 1 fully saturated rings. The Hall–Kier alpha value is -1.16. The van der Waals surface area contributed by atoms with Gasteiger partial charge in [-0.05, 0) is 37.0 Å². The SMILES string of the molecule is COC(=O)C(Sc1cccc(N)c1)C1CC1. The summed E-state index contributed by atoms with van der Waals surface area (Å²) in [6, 6.07) is 7.61. The van der Waals surface area contributed by atoms with Gasteiger partial charge in [0.25, 0.3) is 0 Å². The van der Waals surface area contributed by atoms with Crippen LogP contribution in [0.4, 0.5) is 5.69 Å². The van der Waals surface area contributed by atoms with Crippen molar-refractivity contribution in [3.05, 3.63) is 24.3 Å². The van der Waals surface area contributed by atoms with Gasteiger partial charge in [-0.1, -0.05) is 6.07 Å². The minimum atomic E-state index is -0.130. The molecule has 0 radical (unpaired) electrons. The van der Waals surface area contributed by atoms with Gasteiger partial charge in [-0.2, -0.15) is 0 Å². The van der Waals surface area contributed by atoms with E-state index in [9.17, 15) is 4.79 Å². The van der Waals surface area contributed by atoms with Crippen LogP contribution in [0.2, 0.25) is 0 Å². The molecule has 0 aromatic heterocycles. The first-order valence-electron chi connectivity index (χ1n) is 5.30. The molecule has 1 aliphatic carbocycles. The van der Waals surface area contributed by atoms with E-state index >= 15 is 0 Å². The number of esters is 1. The molecular weight excluding hydrogens is 222 g/mol. The lowest BCUT2D eigenvalue weighted by atomic mass is 10.3. The van der Waals surface area contributed by atoms with E-state index < -0.39 is 0 Å². The van der Waals surface area contributed by atoms with Crippen LogP contribution < -0.4 is 5.73 Å². The van der Waals surface area contributed by atoms with Crippen molar-refractivity contribution in [1.29, 1.82) is 0 Å². The maximum absolute atomic E-state index is 11.6. The number of carbonyl (C=O) groups is 1. The summed E-state index contributed by atoms with van der Waals surface area (Å²) in [5.41, 5.74) is 6.43. The molecule has 0 amide bonds. The number of nitrogen functional groups attached to an aromatic ring is 1. The number of carbonyl (C=O) groups excluding carboxylic acids is 1. The predicted octanol–water partition coefficient (Wildman–Crippen LogP) is 2.31. The number of hydrogen-bond donors (Lipinski definition) is 1. The van der Waals surface area contributed by atoms with Crippen molar-refractivity contribution in [3.8, 4) is 0 Å². The Morgan fingerprint density at radius 2 is 2.31 bits per heavy atom. The maximum Gasteiger partial charge on any atom is 0.319 e. The number of anilines is 1. The van der Waals surface area contributed by atoms with Crippen molar-refractivity contribution in [2.75, 3.05) is 12.8 Å². The fourth-order valence-electron chi connectivity index (χ4n) is 1.59. The molecule has 1 unspecified atom stereocenters. The zero-order chi connectivity index (χ0) is 11.5. The summed E-state index contributed by atoms with van der Waals surface area (Å²) in [7, 11) is 1.44. The normalized spacial score (nSPS) is 16.8. The number of thioether (sulfide) groups is 1. The van der Waals surface area contributed by atoms with E-state index in [0.29, 0.717) is 5.92 Å². The topological polar surface area (TPSA) is 52.3 Å². The van der Waals surface area contributed by atoms with Crippen LogP contribution in [0.5, 0.6) is 0 Å². The minimum absolute atomic E-state index is 0.0770. The van der Waals surface area contributed by atoms with Gasteiger partial charge in [-0.15, -0.1) is 11.8 Å². The highest BCUT2D eigenvalue weighted by molar-refractivity contribution is 8.00. The van der Waals surface area contributed by atoms with E-state index in [4.69, 9.17) is 10.5 Å². The number of benzene rings is 1. The summed E-state index contributed by atoms with van der Waals surface area (Å²) in [6.45, 7) is 0. The molecule has 1 aromatic carbocycles. The average molecular weight is 237 g/mol. The second-order valence-corrected chi connectivity index (χ2v) is 5.19. The quantitative estimate of drug-likeness (QED) is 0.496.